The average Bonchev–Trinajstić information content (AvgIpc) is 2.81. The van der Waals surface area contributed by atoms with Crippen LogP contribution in [0.25, 0.3) is 0 Å². The van der Waals surface area contributed by atoms with Gasteiger partial charge >= 0.3 is 0 Å². The Balaban J connectivity index is 1.44. The first-order valence-electron chi connectivity index (χ1n) is 10.4. The Bertz CT molecular complexity index is 1110. The molecule has 0 aliphatic carbocycles. The zero-order valence-electron chi connectivity index (χ0n) is 18.3. The highest BCUT2D eigenvalue weighted by Crippen LogP contribution is 2.27. The van der Waals surface area contributed by atoms with Gasteiger partial charge in [-0.25, -0.2) is 14.4 Å². The van der Waals surface area contributed by atoms with E-state index in [1.165, 1.54) is 12.4 Å². The van der Waals surface area contributed by atoms with Crippen LogP contribution >= 0.6 is 0 Å². The van der Waals surface area contributed by atoms with Gasteiger partial charge in [0.2, 0.25) is 5.88 Å². The van der Waals surface area contributed by atoms with E-state index in [1.54, 1.807) is 49.6 Å². The van der Waals surface area contributed by atoms with Crippen LogP contribution in [-0.2, 0) is 0 Å². The molecule has 2 aromatic carbocycles. The molecule has 32 heavy (non-hydrogen) atoms. The summed E-state index contributed by atoms with van der Waals surface area (Å²) in [6.07, 6.45) is 1.40. The standard InChI is InChI=1S/C24H25FN4O3/c1-16-4-9-20(25)21(12-16)32-23-13-22(26-15-27-23)28-10-11-29(17(2)14-28)24(30)18-5-7-19(31-3)8-6-18/h4-9,12-13,15,17H,10-11,14H2,1-3H3. The summed E-state index contributed by atoms with van der Waals surface area (Å²) < 4.78 is 24.9. The van der Waals surface area contributed by atoms with Crippen molar-refractivity contribution in [3.05, 3.63) is 71.8 Å². The molecular weight excluding hydrogens is 411 g/mol. The Hall–Kier alpha value is -3.68. The van der Waals surface area contributed by atoms with E-state index in [0.717, 1.165) is 5.56 Å². The molecule has 1 saturated heterocycles. The molecule has 1 amide bonds. The largest absolute Gasteiger partial charge is 0.497 e. The van der Waals surface area contributed by atoms with Crippen molar-refractivity contribution >= 4 is 11.7 Å². The number of carbonyl (C=O) groups excluding carboxylic acids is 1. The van der Waals surface area contributed by atoms with Crippen LogP contribution in [0, 0.1) is 12.7 Å². The lowest BCUT2D eigenvalue weighted by Gasteiger charge is -2.40. The predicted octanol–water partition coefficient (Wildman–Crippen LogP) is 4.08. The number of piperazine rings is 1. The Morgan fingerprint density at radius 2 is 1.88 bits per heavy atom. The molecule has 1 aliphatic heterocycles. The van der Waals surface area contributed by atoms with Crippen LogP contribution in [0.5, 0.6) is 17.4 Å². The fraction of sp³-hybridized carbons (Fsp3) is 0.292. The van der Waals surface area contributed by atoms with Gasteiger partial charge in [-0.05, 0) is 55.8 Å². The van der Waals surface area contributed by atoms with Gasteiger partial charge < -0.3 is 19.3 Å². The number of aryl methyl sites for hydroxylation is 1. The molecule has 8 heteroatoms. The molecule has 0 radical (unpaired) electrons. The van der Waals surface area contributed by atoms with E-state index in [4.69, 9.17) is 9.47 Å². The molecule has 0 N–H and O–H groups in total. The SMILES string of the molecule is COc1ccc(C(=O)N2CCN(c3cc(Oc4cc(C)ccc4F)ncn3)CC2C)cc1. The summed E-state index contributed by atoms with van der Waals surface area (Å²) >= 11 is 0. The lowest BCUT2D eigenvalue weighted by Crippen LogP contribution is -2.54. The molecule has 1 fully saturated rings. The summed E-state index contributed by atoms with van der Waals surface area (Å²) in [7, 11) is 1.60. The number of hydrogen-bond donors (Lipinski definition) is 0. The van der Waals surface area contributed by atoms with Crippen LogP contribution < -0.4 is 14.4 Å². The van der Waals surface area contributed by atoms with Crippen molar-refractivity contribution in [2.24, 2.45) is 0 Å². The van der Waals surface area contributed by atoms with Gasteiger partial charge in [0.25, 0.3) is 5.91 Å². The van der Waals surface area contributed by atoms with Gasteiger partial charge in [-0.3, -0.25) is 4.79 Å². The van der Waals surface area contributed by atoms with Crippen molar-refractivity contribution in [2.75, 3.05) is 31.6 Å². The molecule has 1 atom stereocenters. The van der Waals surface area contributed by atoms with Crippen molar-refractivity contribution in [3.8, 4) is 17.4 Å². The normalized spacial score (nSPS) is 16.1. The molecule has 3 aromatic rings. The first-order chi connectivity index (χ1) is 15.4. The van der Waals surface area contributed by atoms with Gasteiger partial charge in [0, 0.05) is 37.3 Å². The number of amides is 1. The third-order valence-corrected chi connectivity index (χ3v) is 5.48. The van der Waals surface area contributed by atoms with Crippen LogP contribution in [-0.4, -0.2) is 53.6 Å². The van der Waals surface area contributed by atoms with Gasteiger partial charge in [-0.2, -0.15) is 0 Å². The van der Waals surface area contributed by atoms with Crippen molar-refractivity contribution in [1.29, 1.82) is 0 Å². The molecule has 0 bridgehead atoms. The van der Waals surface area contributed by atoms with E-state index in [9.17, 15) is 9.18 Å². The minimum absolute atomic E-state index is 0.0126. The minimum atomic E-state index is -0.449. The quantitative estimate of drug-likeness (QED) is 0.601. The van der Waals surface area contributed by atoms with Crippen LogP contribution in [0.15, 0.2) is 54.9 Å². The maximum absolute atomic E-state index is 14.0. The van der Waals surface area contributed by atoms with E-state index in [2.05, 4.69) is 14.9 Å². The number of benzene rings is 2. The topological polar surface area (TPSA) is 67.8 Å². The van der Waals surface area contributed by atoms with Gasteiger partial charge in [-0.15, -0.1) is 0 Å². The molecule has 7 nitrogen and oxygen atoms in total. The van der Waals surface area contributed by atoms with Crippen LogP contribution in [0.3, 0.4) is 0 Å². The molecule has 166 valence electrons. The molecule has 1 aliphatic rings. The monoisotopic (exact) mass is 436 g/mol. The number of halogens is 1. The number of aromatic nitrogens is 2. The average molecular weight is 436 g/mol. The third-order valence-electron chi connectivity index (χ3n) is 5.48. The van der Waals surface area contributed by atoms with Crippen LogP contribution in [0.4, 0.5) is 10.2 Å². The Kier molecular flexibility index (Phi) is 6.20. The first kappa shape index (κ1) is 21.5. The van der Waals surface area contributed by atoms with Crippen LogP contribution in [0.1, 0.15) is 22.8 Å². The summed E-state index contributed by atoms with van der Waals surface area (Å²) in [5.74, 6) is 1.32. The molecule has 2 heterocycles. The summed E-state index contributed by atoms with van der Waals surface area (Å²) in [6, 6.07) is 13.5. The fourth-order valence-electron chi connectivity index (χ4n) is 3.73. The lowest BCUT2D eigenvalue weighted by atomic mass is 10.1. The molecule has 0 spiro atoms. The highest BCUT2D eigenvalue weighted by Gasteiger charge is 2.29. The smallest absolute Gasteiger partial charge is 0.254 e. The van der Waals surface area contributed by atoms with E-state index < -0.39 is 5.82 Å². The maximum Gasteiger partial charge on any atom is 0.254 e. The third kappa shape index (κ3) is 4.64. The van der Waals surface area contributed by atoms with Gasteiger partial charge in [0.05, 0.1) is 7.11 Å². The highest BCUT2D eigenvalue weighted by molar-refractivity contribution is 5.94. The number of rotatable bonds is 5. The first-order valence-corrected chi connectivity index (χ1v) is 10.4. The summed E-state index contributed by atoms with van der Waals surface area (Å²) in [5.41, 5.74) is 1.52. The van der Waals surface area contributed by atoms with Crippen molar-refractivity contribution < 1.29 is 18.7 Å². The second kappa shape index (κ2) is 9.21. The molecule has 0 saturated carbocycles. The molecular formula is C24H25FN4O3. The summed E-state index contributed by atoms with van der Waals surface area (Å²) in [5, 5.41) is 0. The predicted molar refractivity (Wildman–Crippen MR) is 119 cm³/mol. The Labute approximate surface area is 186 Å². The van der Waals surface area contributed by atoms with E-state index in [1.807, 2.05) is 18.7 Å². The van der Waals surface area contributed by atoms with Gasteiger partial charge in [-0.1, -0.05) is 6.07 Å². The van der Waals surface area contributed by atoms with E-state index >= 15 is 0 Å². The second-order valence-electron chi connectivity index (χ2n) is 7.77. The Morgan fingerprint density at radius 1 is 1.09 bits per heavy atom. The highest BCUT2D eigenvalue weighted by atomic mass is 19.1. The minimum Gasteiger partial charge on any atom is -0.497 e. The number of carbonyl (C=O) groups is 1. The number of anilines is 1. The zero-order chi connectivity index (χ0) is 22.7. The van der Waals surface area contributed by atoms with E-state index in [-0.39, 0.29) is 23.6 Å². The van der Waals surface area contributed by atoms with Crippen molar-refractivity contribution in [3.63, 3.8) is 0 Å². The van der Waals surface area contributed by atoms with Gasteiger partial charge in [0.1, 0.15) is 17.9 Å². The number of ether oxygens (including phenoxy) is 2. The molecule has 4 rings (SSSR count). The summed E-state index contributed by atoms with van der Waals surface area (Å²) in [4.78, 5) is 25.4. The molecule has 1 unspecified atom stereocenters. The van der Waals surface area contributed by atoms with Crippen molar-refractivity contribution in [2.45, 2.75) is 19.9 Å². The number of hydrogen-bond acceptors (Lipinski definition) is 6. The molecule has 1 aromatic heterocycles. The fourth-order valence-corrected chi connectivity index (χ4v) is 3.73. The number of nitrogens with zero attached hydrogens (tertiary/aromatic N) is 4. The van der Waals surface area contributed by atoms with Gasteiger partial charge in [0.15, 0.2) is 11.6 Å². The Morgan fingerprint density at radius 3 is 2.59 bits per heavy atom. The lowest BCUT2D eigenvalue weighted by molar-refractivity contribution is 0.0673. The second-order valence-corrected chi connectivity index (χ2v) is 7.77. The van der Waals surface area contributed by atoms with Crippen molar-refractivity contribution in [1.82, 2.24) is 14.9 Å². The zero-order valence-corrected chi connectivity index (χ0v) is 18.3. The number of methoxy groups -OCH3 is 1. The van der Waals surface area contributed by atoms with E-state index in [0.29, 0.717) is 36.8 Å². The van der Waals surface area contributed by atoms with Crippen LogP contribution in [0.2, 0.25) is 0 Å². The maximum atomic E-state index is 14.0. The summed E-state index contributed by atoms with van der Waals surface area (Å²) in [6.45, 7) is 5.65.